The largest absolute Gasteiger partial charge is 0.492 e. The first-order valence-corrected chi connectivity index (χ1v) is 7.50. The second-order valence-corrected chi connectivity index (χ2v) is 5.25. The summed E-state index contributed by atoms with van der Waals surface area (Å²) in [5.74, 6) is 0.789. The normalized spacial score (nSPS) is 21.7. The molecule has 1 aliphatic heterocycles. The Labute approximate surface area is 120 Å². The zero-order valence-corrected chi connectivity index (χ0v) is 12.4. The number of ether oxygens (including phenoxy) is 1. The lowest BCUT2D eigenvalue weighted by Crippen LogP contribution is -2.50. The number of rotatable bonds is 6. The van der Waals surface area contributed by atoms with Crippen molar-refractivity contribution in [2.45, 2.75) is 45.1 Å². The molecule has 1 saturated heterocycles. The minimum atomic E-state index is -0.409. The average molecular weight is 276 g/mol. The van der Waals surface area contributed by atoms with Crippen LogP contribution in [0.2, 0.25) is 0 Å². The van der Waals surface area contributed by atoms with Crippen LogP contribution in [-0.4, -0.2) is 24.6 Å². The van der Waals surface area contributed by atoms with E-state index in [0.29, 0.717) is 6.61 Å². The van der Waals surface area contributed by atoms with E-state index in [0.717, 1.165) is 43.7 Å². The third kappa shape index (κ3) is 3.12. The van der Waals surface area contributed by atoms with Gasteiger partial charge in [-0.1, -0.05) is 25.5 Å². The Bertz CT molecular complexity index is 454. The quantitative estimate of drug-likeness (QED) is 0.840. The highest BCUT2D eigenvalue weighted by Gasteiger charge is 2.40. The number of amides is 1. The SMILES string of the molecule is CCCC1(C(=O)Nc2ccccc2OCC)CCCN1. The summed E-state index contributed by atoms with van der Waals surface area (Å²) in [5.41, 5.74) is 0.345. The van der Waals surface area contributed by atoms with Crippen LogP contribution in [0.5, 0.6) is 5.75 Å². The van der Waals surface area contributed by atoms with Gasteiger partial charge in [-0.3, -0.25) is 4.79 Å². The molecule has 1 fully saturated rings. The molecule has 1 amide bonds. The molecule has 1 heterocycles. The summed E-state index contributed by atoms with van der Waals surface area (Å²) in [5, 5.41) is 6.43. The van der Waals surface area contributed by atoms with Gasteiger partial charge < -0.3 is 15.4 Å². The van der Waals surface area contributed by atoms with E-state index in [-0.39, 0.29) is 5.91 Å². The van der Waals surface area contributed by atoms with Gasteiger partial charge in [-0.05, 0) is 44.9 Å². The molecule has 0 aromatic heterocycles. The highest BCUT2D eigenvalue weighted by atomic mass is 16.5. The molecule has 20 heavy (non-hydrogen) atoms. The van der Waals surface area contributed by atoms with E-state index in [4.69, 9.17) is 4.74 Å². The highest BCUT2D eigenvalue weighted by Crippen LogP contribution is 2.29. The Morgan fingerprint density at radius 3 is 2.85 bits per heavy atom. The standard InChI is InChI=1S/C16H24N2O2/c1-3-10-16(11-7-12-17-16)15(19)18-13-8-5-6-9-14(13)20-4-2/h5-6,8-9,17H,3-4,7,10-12H2,1-2H3,(H,18,19). The molecule has 0 saturated carbocycles. The van der Waals surface area contributed by atoms with Gasteiger partial charge in [-0.25, -0.2) is 0 Å². The fourth-order valence-corrected chi connectivity index (χ4v) is 2.85. The molecular formula is C16H24N2O2. The Morgan fingerprint density at radius 1 is 1.40 bits per heavy atom. The van der Waals surface area contributed by atoms with Crippen LogP contribution in [0, 0.1) is 0 Å². The molecule has 0 aliphatic carbocycles. The first-order chi connectivity index (χ1) is 9.72. The predicted molar refractivity (Wildman–Crippen MR) is 81.1 cm³/mol. The first kappa shape index (κ1) is 14.9. The van der Waals surface area contributed by atoms with E-state index in [1.54, 1.807) is 0 Å². The smallest absolute Gasteiger partial charge is 0.244 e. The predicted octanol–water partition coefficient (Wildman–Crippen LogP) is 2.95. The second kappa shape index (κ2) is 6.75. The maximum Gasteiger partial charge on any atom is 0.244 e. The van der Waals surface area contributed by atoms with Gasteiger partial charge >= 0.3 is 0 Å². The van der Waals surface area contributed by atoms with Crippen molar-refractivity contribution in [1.82, 2.24) is 5.32 Å². The fourth-order valence-electron chi connectivity index (χ4n) is 2.85. The molecule has 0 spiro atoms. The number of carbonyl (C=O) groups is 1. The molecule has 1 unspecified atom stereocenters. The zero-order valence-electron chi connectivity index (χ0n) is 12.4. The van der Waals surface area contributed by atoms with Gasteiger partial charge in [0.05, 0.1) is 17.8 Å². The number of carbonyl (C=O) groups excluding carboxylic acids is 1. The van der Waals surface area contributed by atoms with E-state index >= 15 is 0 Å². The molecule has 2 N–H and O–H groups in total. The van der Waals surface area contributed by atoms with E-state index in [1.807, 2.05) is 31.2 Å². The van der Waals surface area contributed by atoms with E-state index < -0.39 is 5.54 Å². The van der Waals surface area contributed by atoms with Crippen LogP contribution in [0.1, 0.15) is 39.5 Å². The summed E-state index contributed by atoms with van der Waals surface area (Å²) in [6.07, 6.45) is 3.83. The van der Waals surface area contributed by atoms with Crippen molar-refractivity contribution in [3.63, 3.8) is 0 Å². The van der Waals surface area contributed by atoms with Crippen LogP contribution in [0.15, 0.2) is 24.3 Å². The lowest BCUT2D eigenvalue weighted by molar-refractivity contribution is -0.122. The van der Waals surface area contributed by atoms with Gasteiger partial charge in [0, 0.05) is 0 Å². The van der Waals surface area contributed by atoms with Crippen molar-refractivity contribution < 1.29 is 9.53 Å². The first-order valence-electron chi connectivity index (χ1n) is 7.50. The van der Waals surface area contributed by atoms with Crippen molar-refractivity contribution in [3.8, 4) is 5.75 Å². The van der Waals surface area contributed by atoms with Crippen molar-refractivity contribution in [1.29, 1.82) is 0 Å². The second-order valence-electron chi connectivity index (χ2n) is 5.25. The van der Waals surface area contributed by atoms with Gasteiger partial charge in [0.1, 0.15) is 5.75 Å². The average Bonchev–Trinajstić information content (AvgIpc) is 2.91. The molecule has 1 aliphatic rings. The molecule has 4 nitrogen and oxygen atoms in total. The molecule has 1 atom stereocenters. The summed E-state index contributed by atoms with van der Waals surface area (Å²) in [7, 11) is 0. The van der Waals surface area contributed by atoms with Crippen LogP contribution in [-0.2, 0) is 4.79 Å². The maximum absolute atomic E-state index is 12.7. The molecule has 2 rings (SSSR count). The molecule has 1 aromatic rings. The van der Waals surface area contributed by atoms with Crippen LogP contribution in [0.25, 0.3) is 0 Å². The Morgan fingerprint density at radius 2 is 2.20 bits per heavy atom. The van der Waals surface area contributed by atoms with Crippen LogP contribution in [0.4, 0.5) is 5.69 Å². The number of hydrogen-bond acceptors (Lipinski definition) is 3. The minimum Gasteiger partial charge on any atom is -0.492 e. The van der Waals surface area contributed by atoms with Gasteiger partial charge in [0.25, 0.3) is 0 Å². The van der Waals surface area contributed by atoms with Gasteiger partial charge in [0.15, 0.2) is 0 Å². The van der Waals surface area contributed by atoms with Crippen molar-refractivity contribution in [2.75, 3.05) is 18.5 Å². The van der Waals surface area contributed by atoms with Crippen molar-refractivity contribution in [2.24, 2.45) is 0 Å². The lowest BCUT2D eigenvalue weighted by Gasteiger charge is -2.28. The van der Waals surface area contributed by atoms with Gasteiger partial charge in [-0.2, -0.15) is 0 Å². The maximum atomic E-state index is 12.7. The number of nitrogens with one attached hydrogen (secondary N) is 2. The Hall–Kier alpha value is -1.55. The Kier molecular flexibility index (Phi) is 5.01. The molecule has 110 valence electrons. The van der Waals surface area contributed by atoms with Gasteiger partial charge in [-0.15, -0.1) is 0 Å². The molecular weight excluding hydrogens is 252 g/mol. The highest BCUT2D eigenvalue weighted by molar-refractivity contribution is 5.99. The number of hydrogen-bond donors (Lipinski definition) is 2. The molecule has 4 heteroatoms. The third-order valence-electron chi connectivity index (χ3n) is 3.79. The summed E-state index contributed by atoms with van der Waals surface area (Å²) >= 11 is 0. The Balaban J connectivity index is 2.14. The number of benzene rings is 1. The minimum absolute atomic E-state index is 0.0593. The van der Waals surface area contributed by atoms with Crippen LogP contribution in [0.3, 0.4) is 0 Å². The number of anilines is 1. The summed E-state index contributed by atoms with van der Waals surface area (Å²) in [6, 6.07) is 7.59. The fraction of sp³-hybridized carbons (Fsp3) is 0.562. The molecule has 0 radical (unpaired) electrons. The molecule has 1 aromatic carbocycles. The summed E-state index contributed by atoms with van der Waals surface area (Å²) in [6.45, 7) is 5.56. The third-order valence-corrected chi connectivity index (χ3v) is 3.79. The van der Waals surface area contributed by atoms with Gasteiger partial charge in [0.2, 0.25) is 5.91 Å². The van der Waals surface area contributed by atoms with Crippen molar-refractivity contribution >= 4 is 11.6 Å². The molecule has 0 bridgehead atoms. The van der Waals surface area contributed by atoms with Crippen LogP contribution >= 0.6 is 0 Å². The van der Waals surface area contributed by atoms with Crippen LogP contribution < -0.4 is 15.4 Å². The zero-order chi connectivity index (χ0) is 14.4. The lowest BCUT2D eigenvalue weighted by atomic mass is 9.90. The van der Waals surface area contributed by atoms with Crippen molar-refractivity contribution in [3.05, 3.63) is 24.3 Å². The van der Waals surface area contributed by atoms with E-state index in [9.17, 15) is 4.79 Å². The summed E-state index contributed by atoms with van der Waals surface area (Å²) in [4.78, 5) is 12.7. The number of para-hydroxylation sites is 2. The summed E-state index contributed by atoms with van der Waals surface area (Å²) < 4.78 is 5.56. The monoisotopic (exact) mass is 276 g/mol. The topological polar surface area (TPSA) is 50.4 Å². The van der Waals surface area contributed by atoms with E-state index in [1.165, 1.54) is 0 Å². The van der Waals surface area contributed by atoms with E-state index in [2.05, 4.69) is 17.6 Å².